The van der Waals surface area contributed by atoms with Crippen LogP contribution in [-0.2, 0) is 6.42 Å². The van der Waals surface area contributed by atoms with Crippen molar-refractivity contribution in [1.29, 1.82) is 0 Å². The highest BCUT2D eigenvalue weighted by atomic mass is 32.1. The molecule has 0 spiro atoms. The van der Waals surface area contributed by atoms with Gasteiger partial charge in [0.15, 0.2) is 5.11 Å². The highest BCUT2D eigenvalue weighted by molar-refractivity contribution is 7.80. The van der Waals surface area contributed by atoms with Crippen LogP contribution in [0.25, 0.3) is 0 Å². The molecule has 0 fully saturated rings. The maximum atomic E-state index is 5.37. The maximum Gasteiger partial charge on any atom is 0.170 e. The first-order valence-corrected chi connectivity index (χ1v) is 8.15. The molecular weight excluding hydrogens is 292 g/mol. The number of nitrogens with one attached hydrogen (secondary N) is 2. The molecule has 0 saturated carbocycles. The summed E-state index contributed by atoms with van der Waals surface area (Å²) in [6.45, 7) is 6.50. The summed E-state index contributed by atoms with van der Waals surface area (Å²) in [5, 5.41) is 7.19. The van der Waals surface area contributed by atoms with Gasteiger partial charge < -0.3 is 15.1 Å². The molecule has 2 aromatic rings. The lowest BCUT2D eigenvalue weighted by Gasteiger charge is -2.17. The zero-order valence-electron chi connectivity index (χ0n) is 13.4. The smallest absolute Gasteiger partial charge is 0.170 e. The Morgan fingerprint density at radius 3 is 2.45 bits per heavy atom. The molecule has 0 aliphatic carbocycles. The Morgan fingerprint density at radius 2 is 1.86 bits per heavy atom. The summed E-state index contributed by atoms with van der Waals surface area (Å²) < 4.78 is 5.34. The summed E-state index contributed by atoms with van der Waals surface area (Å²) in [7, 11) is 0. The maximum absolute atomic E-state index is 5.37. The van der Waals surface area contributed by atoms with Gasteiger partial charge in [0.1, 0.15) is 5.76 Å². The van der Waals surface area contributed by atoms with Gasteiger partial charge in [-0.1, -0.05) is 26.0 Å². The molecule has 0 bridgehead atoms. The van der Waals surface area contributed by atoms with Crippen LogP contribution in [0.3, 0.4) is 0 Å². The van der Waals surface area contributed by atoms with Crippen molar-refractivity contribution in [1.82, 2.24) is 5.32 Å². The van der Waals surface area contributed by atoms with E-state index in [-0.39, 0.29) is 0 Å². The van der Waals surface area contributed by atoms with E-state index in [0.29, 0.717) is 17.1 Å². The monoisotopic (exact) mass is 316 g/mol. The Balaban J connectivity index is 1.76. The summed E-state index contributed by atoms with van der Waals surface area (Å²) in [5.41, 5.74) is 2.34. The number of anilines is 1. The Labute approximate surface area is 138 Å². The van der Waals surface area contributed by atoms with Crippen LogP contribution in [0.15, 0.2) is 47.1 Å². The van der Waals surface area contributed by atoms with Gasteiger partial charge in [-0.25, -0.2) is 0 Å². The number of hydrogen-bond donors (Lipinski definition) is 2. The number of thiocarbonyl (C=S) groups is 1. The van der Waals surface area contributed by atoms with Crippen LogP contribution in [-0.4, -0.2) is 11.2 Å². The molecule has 1 aromatic carbocycles. The fraction of sp³-hybridized carbons (Fsp3) is 0.389. The Hall–Kier alpha value is -1.81. The van der Waals surface area contributed by atoms with Crippen LogP contribution < -0.4 is 10.6 Å². The van der Waals surface area contributed by atoms with Crippen molar-refractivity contribution in [3.05, 3.63) is 54.0 Å². The summed E-state index contributed by atoms with van der Waals surface area (Å²) in [4.78, 5) is 0. The molecule has 0 amide bonds. The van der Waals surface area contributed by atoms with Gasteiger partial charge in [-0.15, -0.1) is 0 Å². The van der Waals surface area contributed by atoms with Crippen molar-refractivity contribution in [2.24, 2.45) is 0 Å². The molecule has 0 radical (unpaired) electrons. The van der Waals surface area contributed by atoms with E-state index in [4.69, 9.17) is 16.6 Å². The van der Waals surface area contributed by atoms with E-state index >= 15 is 0 Å². The molecule has 2 rings (SSSR count). The molecule has 3 nitrogen and oxygen atoms in total. The predicted molar refractivity (Wildman–Crippen MR) is 96.4 cm³/mol. The molecule has 0 saturated heterocycles. The van der Waals surface area contributed by atoms with Gasteiger partial charge in [-0.05, 0) is 61.3 Å². The van der Waals surface area contributed by atoms with Gasteiger partial charge in [-0.3, -0.25) is 0 Å². The van der Waals surface area contributed by atoms with Gasteiger partial charge in [-0.2, -0.15) is 0 Å². The van der Waals surface area contributed by atoms with Crippen molar-refractivity contribution in [3.8, 4) is 0 Å². The molecule has 118 valence electrons. The van der Waals surface area contributed by atoms with E-state index in [0.717, 1.165) is 24.3 Å². The standard InChI is InChI=1S/C18H24N2OS/c1-13(2)15-7-9-16(10-8-15)20-18(22)19-14(3)6-11-17-5-4-12-21-17/h4-5,7-10,12-14H,6,11H2,1-3H3,(H2,19,20,22)/t14-/m1/s1. The number of furan rings is 1. The Morgan fingerprint density at radius 1 is 1.14 bits per heavy atom. The van der Waals surface area contributed by atoms with Crippen LogP contribution >= 0.6 is 12.2 Å². The van der Waals surface area contributed by atoms with Crippen molar-refractivity contribution in [3.63, 3.8) is 0 Å². The topological polar surface area (TPSA) is 37.2 Å². The van der Waals surface area contributed by atoms with Crippen molar-refractivity contribution < 1.29 is 4.42 Å². The first-order valence-electron chi connectivity index (χ1n) is 7.74. The third-order valence-corrected chi connectivity index (χ3v) is 3.84. The molecule has 0 aliphatic heterocycles. The lowest BCUT2D eigenvalue weighted by atomic mass is 10.0. The minimum Gasteiger partial charge on any atom is -0.469 e. The van der Waals surface area contributed by atoms with E-state index < -0.39 is 0 Å². The summed E-state index contributed by atoms with van der Waals surface area (Å²) >= 11 is 5.37. The lowest BCUT2D eigenvalue weighted by molar-refractivity contribution is 0.483. The third-order valence-electron chi connectivity index (χ3n) is 3.62. The molecule has 1 heterocycles. The first-order chi connectivity index (χ1) is 10.5. The quantitative estimate of drug-likeness (QED) is 0.757. The van der Waals surface area contributed by atoms with Crippen LogP contribution in [0.5, 0.6) is 0 Å². The SMILES string of the molecule is CC(C)c1ccc(NC(=S)N[C@H](C)CCc2ccco2)cc1. The second kappa shape index (κ2) is 7.99. The second-order valence-corrected chi connectivity index (χ2v) is 6.30. The second-order valence-electron chi connectivity index (χ2n) is 5.89. The Bertz CT molecular complexity index is 576. The van der Waals surface area contributed by atoms with Gasteiger partial charge in [0.05, 0.1) is 6.26 Å². The third kappa shape index (κ3) is 5.19. The average molecular weight is 316 g/mol. The van der Waals surface area contributed by atoms with Gasteiger partial charge in [0, 0.05) is 18.2 Å². The lowest BCUT2D eigenvalue weighted by Crippen LogP contribution is -2.36. The highest BCUT2D eigenvalue weighted by Crippen LogP contribution is 2.17. The predicted octanol–water partition coefficient (Wildman–Crippen LogP) is 4.71. The van der Waals surface area contributed by atoms with Gasteiger partial charge in [0.25, 0.3) is 0 Å². The van der Waals surface area contributed by atoms with E-state index in [1.807, 2.05) is 12.1 Å². The highest BCUT2D eigenvalue weighted by Gasteiger charge is 2.06. The number of aryl methyl sites for hydroxylation is 1. The molecule has 1 aromatic heterocycles. The van der Waals surface area contributed by atoms with E-state index in [9.17, 15) is 0 Å². The van der Waals surface area contributed by atoms with Crippen LogP contribution in [0, 0.1) is 0 Å². The normalized spacial score (nSPS) is 12.2. The molecule has 2 N–H and O–H groups in total. The van der Waals surface area contributed by atoms with E-state index in [2.05, 4.69) is 55.7 Å². The zero-order chi connectivity index (χ0) is 15.9. The van der Waals surface area contributed by atoms with Crippen LogP contribution in [0.4, 0.5) is 5.69 Å². The zero-order valence-corrected chi connectivity index (χ0v) is 14.2. The minimum atomic E-state index is 0.292. The molecular formula is C18H24N2OS. The van der Waals surface area contributed by atoms with Crippen LogP contribution in [0.2, 0.25) is 0 Å². The van der Waals surface area contributed by atoms with Crippen molar-refractivity contribution in [2.75, 3.05) is 5.32 Å². The average Bonchev–Trinajstić information content (AvgIpc) is 2.99. The minimum absolute atomic E-state index is 0.292. The number of rotatable bonds is 6. The van der Waals surface area contributed by atoms with Crippen molar-refractivity contribution >= 4 is 23.0 Å². The van der Waals surface area contributed by atoms with Crippen molar-refractivity contribution in [2.45, 2.75) is 45.6 Å². The fourth-order valence-corrected chi connectivity index (χ4v) is 2.55. The number of benzene rings is 1. The Kier molecular flexibility index (Phi) is 6.01. The summed E-state index contributed by atoms with van der Waals surface area (Å²) in [5.74, 6) is 1.55. The molecule has 22 heavy (non-hydrogen) atoms. The molecule has 0 unspecified atom stereocenters. The molecule has 1 atom stereocenters. The van der Waals surface area contributed by atoms with E-state index in [1.54, 1.807) is 6.26 Å². The van der Waals surface area contributed by atoms with Gasteiger partial charge >= 0.3 is 0 Å². The first kappa shape index (κ1) is 16.6. The summed E-state index contributed by atoms with van der Waals surface area (Å²) in [6, 6.07) is 12.6. The molecule has 4 heteroatoms. The number of hydrogen-bond acceptors (Lipinski definition) is 2. The summed E-state index contributed by atoms with van der Waals surface area (Å²) in [6.07, 6.45) is 3.59. The van der Waals surface area contributed by atoms with Gasteiger partial charge in [0.2, 0.25) is 0 Å². The fourth-order valence-electron chi connectivity index (χ4n) is 2.23. The van der Waals surface area contributed by atoms with E-state index in [1.165, 1.54) is 5.56 Å². The largest absolute Gasteiger partial charge is 0.469 e. The molecule has 0 aliphatic rings. The van der Waals surface area contributed by atoms with Crippen LogP contribution in [0.1, 0.15) is 44.4 Å².